The lowest BCUT2D eigenvalue weighted by atomic mass is 10.1. The summed E-state index contributed by atoms with van der Waals surface area (Å²) in [5.41, 5.74) is 5.85. The van der Waals surface area contributed by atoms with Gasteiger partial charge in [0, 0.05) is 11.6 Å². The zero-order valence-corrected chi connectivity index (χ0v) is 10.6. The van der Waals surface area contributed by atoms with Crippen LogP contribution in [0.3, 0.4) is 0 Å². The predicted molar refractivity (Wildman–Crippen MR) is 66.0 cm³/mol. The van der Waals surface area contributed by atoms with Crippen LogP contribution in [-0.4, -0.2) is 29.6 Å². The third kappa shape index (κ3) is 3.53. The molecule has 3 nitrogen and oxygen atoms in total. The smallest absolute Gasteiger partial charge is 0.398 e. The second-order valence-corrected chi connectivity index (χ2v) is 4.92. The van der Waals surface area contributed by atoms with E-state index in [1.54, 1.807) is 0 Å². The molecule has 19 heavy (non-hydrogen) atoms. The zero-order chi connectivity index (χ0) is 14.2. The lowest BCUT2D eigenvalue weighted by molar-refractivity contribution is -0.141. The minimum absolute atomic E-state index is 0.123. The standard InChI is InChI=1S/C12H12ClF3N2O/c13-9-4-1-7(5-10(9)17)11(19)18(8-2-3-8)6-12(14,15)16/h1,4-5,8H,2-3,6,17H2. The van der Waals surface area contributed by atoms with Gasteiger partial charge in [-0.2, -0.15) is 13.2 Å². The van der Waals surface area contributed by atoms with Gasteiger partial charge < -0.3 is 10.6 Å². The van der Waals surface area contributed by atoms with Crippen LogP contribution in [0.1, 0.15) is 23.2 Å². The van der Waals surface area contributed by atoms with Crippen molar-refractivity contribution in [2.75, 3.05) is 12.3 Å². The number of carbonyl (C=O) groups is 1. The second-order valence-electron chi connectivity index (χ2n) is 4.52. The Balaban J connectivity index is 2.21. The minimum Gasteiger partial charge on any atom is -0.398 e. The normalized spacial score (nSPS) is 15.4. The Morgan fingerprint density at radius 3 is 2.53 bits per heavy atom. The zero-order valence-electron chi connectivity index (χ0n) is 9.88. The molecule has 0 unspecified atom stereocenters. The van der Waals surface area contributed by atoms with E-state index in [2.05, 4.69) is 0 Å². The predicted octanol–water partition coefficient (Wildman–Crippen LogP) is 3.09. The minimum atomic E-state index is -4.41. The van der Waals surface area contributed by atoms with Gasteiger partial charge in [0.2, 0.25) is 0 Å². The van der Waals surface area contributed by atoms with Gasteiger partial charge in [0.1, 0.15) is 6.54 Å². The van der Waals surface area contributed by atoms with Crippen molar-refractivity contribution in [2.45, 2.75) is 25.1 Å². The number of rotatable bonds is 3. The molecule has 7 heteroatoms. The molecular formula is C12H12ClF3N2O. The summed E-state index contributed by atoms with van der Waals surface area (Å²) in [4.78, 5) is 12.9. The van der Waals surface area contributed by atoms with Crippen LogP contribution in [0.4, 0.5) is 18.9 Å². The van der Waals surface area contributed by atoms with E-state index >= 15 is 0 Å². The van der Waals surface area contributed by atoms with Crippen LogP contribution >= 0.6 is 11.6 Å². The molecule has 0 bridgehead atoms. The van der Waals surface area contributed by atoms with E-state index in [0.717, 1.165) is 4.90 Å². The Kier molecular flexibility index (Phi) is 3.62. The summed E-state index contributed by atoms with van der Waals surface area (Å²) in [7, 11) is 0. The number of carbonyl (C=O) groups excluding carboxylic acids is 1. The van der Waals surface area contributed by atoms with Crippen molar-refractivity contribution in [3.63, 3.8) is 0 Å². The number of nitrogens with two attached hydrogens (primary N) is 1. The SMILES string of the molecule is Nc1cc(C(=O)N(CC(F)(F)F)C2CC2)ccc1Cl. The molecule has 1 aliphatic rings. The number of anilines is 1. The molecule has 0 aromatic heterocycles. The maximum Gasteiger partial charge on any atom is 0.406 e. The van der Waals surface area contributed by atoms with Gasteiger partial charge in [0.05, 0.1) is 10.7 Å². The molecule has 1 aliphatic carbocycles. The Bertz CT molecular complexity index is 500. The first-order valence-corrected chi connectivity index (χ1v) is 6.08. The third-order valence-electron chi connectivity index (χ3n) is 2.84. The number of benzene rings is 1. The average Bonchev–Trinajstić information content (AvgIpc) is 3.11. The van der Waals surface area contributed by atoms with Gasteiger partial charge in [-0.3, -0.25) is 4.79 Å². The molecule has 0 aliphatic heterocycles. The van der Waals surface area contributed by atoms with E-state index in [1.807, 2.05) is 0 Å². The molecule has 0 radical (unpaired) electrons. The molecular weight excluding hydrogens is 281 g/mol. The Hall–Kier alpha value is -1.43. The van der Waals surface area contributed by atoms with Crippen molar-refractivity contribution in [1.82, 2.24) is 4.90 Å². The van der Waals surface area contributed by atoms with Gasteiger partial charge in [-0.1, -0.05) is 11.6 Å². The summed E-state index contributed by atoms with van der Waals surface area (Å²) in [6.07, 6.45) is -3.20. The van der Waals surface area contributed by atoms with E-state index in [9.17, 15) is 18.0 Å². The van der Waals surface area contributed by atoms with Gasteiger partial charge >= 0.3 is 6.18 Å². The Morgan fingerprint density at radius 1 is 1.42 bits per heavy atom. The fraction of sp³-hybridized carbons (Fsp3) is 0.417. The Morgan fingerprint density at radius 2 is 2.05 bits per heavy atom. The highest BCUT2D eigenvalue weighted by Gasteiger charge is 2.40. The van der Waals surface area contributed by atoms with Crippen molar-refractivity contribution in [3.8, 4) is 0 Å². The molecule has 1 aromatic rings. The molecule has 0 spiro atoms. The highest BCUT2D eigenvalue weighted by molar-refractivity contribution is 6.33. The molecule has 104 valence electrons. The van der Waals surface area contributed by atoms with Crippen LogP contribution in [-0.2, 0) is 0 Å². The average molecular weight is 293 g/mol. The molecule has 2 rings (SSSR count). The maximum atomic E-state index is 12.5. The number of hydrogen-bond acceptors (Lipinski definition) is 2. The summed E-state index contributed by atoms with van der Waals surface area (Å²) in [5, 5.41) is 0.269. The number of alkyl halides is 3. The molecule has 2 N–H and O–H groups in total. The van der Waals surface area contributed by atoms with E-state index in [-0.39, 0.29) is 22.3 Å². The summed E-state index contributed by atoms with van der Waals surface area (Å²) in [6, 6.07) is 3.76. The van der Waals surface area contributed by atoms with Crippen LogP contribution in [0, 0.1) is 0 Å². The van der Waals surface area contributed by atoms with Gasteiger partial charge in [-0.25, -0.2) is 0 Å². The molecule has 1 saturated carbocycles. The van der Waals surface area contributed by atoms with Gasteiger partial charge in [-0.15, -0.1) is 0 Å². The lowest BCUT2D eigenvalue weighted by Gasteiger charge is -2.24. The number of nitrogen functional groups attached to an aromatic ring is 1. The van der Waals surface area contributed by atoms with Gasteiger partial charge in [-0.05, 0) is 31.0 Å². The first kappa shape index (κ1) is 14.0. The molecule has 1 fully saturated rings. The molecule has 0 saturated heterocycles. The van der Waals surface area contributed by atoms with Gasteiger partial charge in [0.15, 0.2) is 0 Å². The van der Waals surface area contributed by atoms with Crippen LogP contribution in [0.15, 0.2) is 18.2 Å². The van der Waals surface area contributed by atoms with Crippen LogP contribution < -0.4 is 5.73 Å². The third-order valence-corrected chi connectivity index (χ3v) is 3.19. The fourth-order valence-electron chi connectivity index (χ4n) is 1.79. The number of halogens is 4. The quantitative estimate of drug-likeness (QED) is 0.870. The first-order chi connectivity index (χ1) is 8.78. The highest BCUT2D eigenvalue weighted by Crippen LogP contribution is 2.32. The van der Waals surface area contributed by atoms with Crippen LogP contribution in [0.5, 0.6) is 0 Å². The summed E-state index contributed by atoms with van der Waals surface area (Å²) >= 11 is 5.72. The highest BCUT2D eigenvalue weighted by atomic mass is 35.5. The molecule has 1 aromatic carbocycles. The maximum absolute atomic E-state index is 12.5. The van der Waals surface area contributed by atoms with Crippen molar-refractivity contribution in [2.24, 2.45) is 0 Å². The van der Waals surface area contributed by atoms with E-state index in [1.165, 1.54) is 18.2 Å². The summed E-state index contributed by atoms with van der Waals surface area (Å²) in [5.74, 6) is -0.664. The number of hydrogen-bond donors (Lipinski definition) is 1. The van der Waals surface area contributed by atoms with Crippen molar-refractivity contribution < 1.29 is 18.0 Å². The fourth-order valence-corrected chi connectivity index (χ4v) is 1.91. The van der Waals surface area contributed by atoms with E-state index in [4.69, 9.17) is 17.3 Å². The van der Waals surface area contributed by atoms with Crippen molar-refractivity contribution in [1.29, 1.82) is 0 Å². The summed E-state index contributed by atoms with van der Waals surface area (Å²) < 4.78 is 37.4. The number of amides is 1. The molecule has 0 atom stereocenters. The molecule has 0 heterocycles. The Labute approximate surface area is 113 Å². The first-order valence-electron chi connectivity index (χ1n) is 5.70. The van der Waals surface area contributed by atoms with Gasteiger partial charge in [0.25, 0.3) is 5.91 Å². The van der Waals surface area contributed by atoms with E-state index in [0.29, 0.717) is 12.8 Å². The van der Waals surface area contributed by atoms with Crippen LogP contribution in [0.25, 0.3) is 0 Å². The molecule has 1 amide bonds. The topological polar surface area (TPSA) is 46.3 Å². The monoisotopic (exact) mass is 292 g/mol. The van der Waals surface area contributed by atoms with E-state index < -0.39 is 18.6 Å². The van der Waals surface area contributed by atoms with Crippen molar-refractivity contribution >= 4 is 23.2 Å². The summed E-state index contributed by atoms with van der Waals surface area (Å²) in [6.45, 7) is -1.24. The lowest BCUT2D eigenvalue weighted by Crippen LogP contribution is -2.40. The second kappa shape index (κ2) is 4.92. The van der Waals surface area contributed by atoms with Crippen molar-refractivity contribution in [3.05, 3.63) is 28.8 Å². The number of nitrogens with zero attached hydrogens (tertiary/aromatic N) is 1. The van der Waals surface area contributed by atoms with Crippen LogP contribution in [0.2, 0.25) is 5.02 Å². The largest absolute Gasteiger partial charge is 0.406 e.